The maximum Gasteiger partial charge on any atom is 0.408 e. The van der Waals surface area contributed by atoms with Crippen molar-refractivity contribution in [3.63, 3.8) is 0 Å². The number of aromatic amines is 1. The first-order chi connectivity index (χ1) is 19.4. The summed E-state index contributed by atoms with van der Waals surface area (Å²) in [6.07, 6.45) is 2.59. The zero-order valence-corrected chi connectivity index (χ0v) is 22.4. The van der Waals surface area contributed by atoms with E-state index < -0.39 is 28.1 Å². The summed E-state index contributed by atoms with van der Waals surface area (Å²) in [6.45, 7) is 0.638. The maximum absolute atomic E-state index is 13.4. The van der Waals surface area contributed by atoms with Crippen LogP contribution < -0.4 is 15.4 Å². The van der Waals surface area contributed by atoms with E-state index in [1.165, 1.54) is 18.2 Å². The van der Waals surface area contributed by atoms with Crippen LogP contribution in [-0.2, 0) is 32.6 Å². The van der Waals surface area contributed by atoms with Crippen LogP contribution in [0, 0.1) is 0 Å². The normalized spacial score (nSPS) is 13.8. The van der Waals surface area contributed by atoms with E-state index in [9.17, 15) is 18.0 Å². The van der Waals surface area contributed by atoms with Crippen LogP contribution in [0.25, 0.3) is 10.9 Å². The molecule has 5 rings (SSSR count). The number of fused-ring (bicyclic) bond motifs is 1. The van der Waals surface area contributed by atoms with Crippen molar-refractivity contribution >= 4 is 44.4 Å². The first kappa shape index (κ1) is 26.9. The van der Waals surface area contributed by atoms with Gasteiger partial charge in [0.2, 0.25) is 5.91 Å². The number of sulfonamides is 1. The van der Waals surface area contributed by atoms with E-state index in [1.54, 1.807) is 12.3 Å². The second-order valence-corrected chi connectivity index (χ2v) is 11.1. The van der Waals surface area contributed by atoms with Crippen molar-refractivity contribution in [1.82, 2.24) is 15.0 Å². The zero-order chi connectivity index (χ0) is 28.0. The van der Waals surface area contributed by atoms with E-state index in [0.717, 1.165) is 28.5 Å². The molecule has 10 nitrogen and oxygen atoms in total. The molecule has 0 bridgehead atoms. The van der Waals surface area contributed by atoms with Gasteiger partial charge in [0.25, 0.3) is 10.0 Å². The number of carbonyl (C=O) groups is 2. The topological polar surface area (TPSA) is 142 Å². The van der Waals surface area contributed by atoms with Gasteiger partial charge < -0.3 is 20.4 Å². The smallest absolute Gasteiger partial charge is 0.408 e. The van der Waals surface area contributed by atoms with E-state index in [-0.39, 0.29) is 23.6 Å². The number of aromatic nitrogens is 1. The fourth-order valence-corrected chi connectivity index (χ4v) is 5.58. The Balaban J connectivity index is 1.32. The first-order valence-electron chi connectivity index (χ1n) is 12.9. The van der Waals surface area contributed by atoms with Crippen molar-refractivity contribution in [3.05, 3.63) is 96.2 Å². The highest BCUT2D eigenvalue weighted by molar-refractivity contribution is 7.90. The van der Waals surface area contributed by atoms with Crippen molar-refractivity contribution in [2.45, 2.75) is 36.8 Å². The lowest BCUT2D eigenvalue weighted by Gasteiger charge is -2.19. The van der Waals surface area contributed by atoms with Gasteiger partial charge >= 0.3 is 6.09 Å². The molecule has 206 valence electrons. The van der Waals surface area contributed by atoms with Gasteiger partial charge in [0.1, 0.15) is 18.5 Å². The van der Waals surface area contributed by atoms with Crippen molar-refractivity contribution in [2.24, 2.45) is 4.99 Å². The molecule has 0 fully saturated rings. The number of alkyl carbamates (subject to hydrolysis) is 1. The minimum atomic E-state index is -3.87. The van der Waals surface area contributed by atoms with Gasteiger partial charge in [-0.2, -0.15) is 0 Å². The van der Waals surface area contributed by atoms with E-state index in [4.69, 9.17) is 4.74 Å². The number of benzene rings is 3. The Labute approximate surface area is 231 Å². The zero-order valence-electron chi connectivity index (χ0n) is 21.6. The SMILES string of the molecule is O=C(NC(Cc1c[nH]c2ccccc12)C(=O)Nc1cccc(S(=O)(=O)NC2=NCCC2)c1)OCc1ccccc1. The van der Waals surface area contributed by atoms with E-state index in [1.807, 2.05) is 54.6 Å². The Morgan fingerprint density at radius 3 is 2.60 bits per heavy atom. The number of amidine groups is 1. The lowest BCUT2D eigenvalue weighted by molar-refractivity contribution is -0.118. The van der Waals surface area contributed by atoms with Crippen LogP contribution in [0.1, 0.15) is 24.0 Å². The maximum atomic E-state index is 13.4. The summed E-state index contributed by atoms with van der Waals surface area (Å²) in [5.41, 5.74) is 2.81. The number of carbonyl (C=O) groups excluding carboxylic acids is 2. The van der Waals surface area contributed by atoms with Gasteiger partial charge in [-0.25, -0.2) is 13.2 Å². The molecule has 1 aliphatic rings. The quantitative estimate of drug-likeness (QED) is 0.244. The lowest BCUT2D eigenvalue weighted by Crippen LogP contribution is -2.45. The summed E-state index contributed by atoms with van der Waals surface area (Å²) in [5, 5.41) is 6.34. The molecule has 0 saturated heterocycles. The predicted octanol–water partition coefficient (Wildman–Crippen LogP) is 4.11. The summed E-state index contributed by atoms with van der Waals surface area (Å²) >= 11 is 0. The number of ether oxygens (including phenoxy) is 1. The number of para-hydroxylation sites is 1. The van der Waals surface area contributed by atoms with Gasteiger partial charge in [-0.05, 0) is 41.8 Å². The molecule has 3 aromatic carbocycles. The van der Waals surface area contributed by atoms with Gasteiger partial charge in [0.05, 0.1) is 4.90 Å². The average molecular weight is 560 g/mol. The monoisotopic (exact) mass is 559 g/mol. The van der Waals surface area contributed by atoms with Crippen molar-refractivity contribution in [2.75, 3.05) is 11.9 Å². The summed E-state index contributed by atoms with van der Waals surface area (Å²) in [7, 11) is -3.87. The standard InChI is InChI=1S/C29H29N5O5S/c35-28(32-22-10-6-11-23(17-22)40(37,38)34-27-14-7-15-30-27)26(16-21-18-31-25-13-5-4-12-24(21)25)33-29(36)39-19-20-8-2-1-3-9-20/h1-6,8-13,17-18,26,31H,7,14-16,19H2,(H,30,34)(H,32,35)(H,33,36). The van der Waals surface area contributed by atoms with Gasteiger partial charge in [-0.1, -0.05) is 54.6 Å². The Morgan fingerprint density at radius 2 is 1.80 bits per heavy atom. The molecule has 1 unspecified atom stereocenters. The first-order valence-corrected chi connectivity index (χ1v) is 14.3. The minimum Gasteiger partial charge on any atom is -0.445 e. The van der Waals surface area contributed by atoms with Gasteiger partial charge in [-0.3, -0.25) is 14.5 Å². The number of nitrogens with one attached hydrogen (secondary N) is 4. The Hall–Kier alpha value is -4.64. The van der Waals surface area contributed by atoms with Crippen molar-refractivity contribution in [3.8, 4) is 0 Å². The summed E-state index contributed by atoms with van der Waals surface area (Å²) < 4.78 is 33.6. The number of rotatable bonds is 9. The van der Waals surface area contributed by atoms with E-state index in [0.29, 0.717) is 18.8 Å². The summed E-state index contributed by atoms with van der Waals surface area (Å²) in [4.78, 5) is 33.5. The third-order valence-electron chi connectivity index (χ3n) is 6.46. The molecule has 1 aromatic heterocycles. The molecular formula is C29H29N5O5S. The van der Waals surface area contributed by atoms with Crippen LogP contribution >= 0.6 is 0 Å². The van der Waals surface area contributed by atoms with Crippen molar-refractivity contribution < 1.29 is 22.7 Å². The lowest BCUT2D eigenvalue weighted by atomic mass is 10.0. The molecule has 0 aliphatic carbocycles. The summed E-state index contributed by atoms with van der Waals surface area (Å²) in [5.74, 6) is -0.101. The molecule has 2 heterocycles. The van der Waals surface area contributed by atoms with Crippen LogP contribution in [0.5, 0.6) is 0 Å². The van der Waals surface area contributed by atoms with Crippen LogP contribution in [0.15, 0.2) is 94.9 Å². The number of H-pyrrole nitrogens is 1. The second kappa shape index (κ2) is 12.0. The highest BCUT2D eigenvalue weighted by atomic mass is 32.2. The largest absolute Gasteiger partial charge is 0.445 e. The number of aliphatic imine (C=N–C) groups is 1. The van der Waals surface area contributed by atoms with Crippen LogP contribution in [0.3, 0.4) is 0 Å². The molecule has 1 aliphatic heterocycles. The second-order valence-electron chi connectivity index (χ2n) is 9.38. The van der Waals surface area contributed by atoms with E-state index in [2.05, 4.69) is 25.3 Å². The van der Waals surface area contributed by atoms with E-state index >= 15 is 0 Å². The highest BCUT2D eigenvalue weighted by Gasteiger charge is 2.25. The Kier molecular flexibility index (Phi) is 8.11. The van der Waals surface area contributed by atoms with Gasteiger partial charge in [0, 0.05) is 42.2 Å². The third-order valence-corrected chi connectivity index (χ3v) is 7.84. The molecule has 0 spiro atoms. The Bertz CT molecular complexity index is 1650. The highest BCUT2D eigenvalue weighted by Crippen LogP contribution is 2.21. The van der Waals surface area contributed by atoms with Crippen LogP contribution in [0.4, 0.5) is 10.5 Å². The molecule has 0 radical (unpaired) electrons. The molecular weight excluding hydrogens is 530 g/mol. The molecule has 1 atom stereocenters. The van der Waals surface area contributed by atoms with Gasteiger partial charge in [0.15, 0.2) is 0 Å². The molecule has 11 heteroatoms. The molecule has 4 N–H and O–H groups in total. The van der Waals surface area contributed by atoms with Gasteiger partial charge in [-0.15, -0.1) is 0 Å². The molecule has 40 heavy (non-hydrogen) atoms. The number of anilines is 1. The fourth-order valence-electron chi connectivity index (χ4n) is 4.44. The number of hydrogen-bond donors (Lipinski definition) is 4. The Morgan fingerprint density at radius 1 is 1.00 bits per heavy atom. The number of amides is 2. The molecule has 4 aromatic rings. The average Bonchev–Trinajstić information content (AvgIpc) is 3.62. The summed E-state index contributed by atoms with van der Waals surface area (Å²) in [6, 6.07) is 21.8. The molecule has 2 amide bonds. The third kappa shape index (κ3) is 6.67. The molecule has 0 saturated carbocycles. The minimum absolute atomic E-state index is 0.0108. The number of nitrogens with zero attached hydrogens (tertiary/aromatic N) is 1. The van der Waals surface area contributed by atoms with Crippen LogP contribution in [0.2, 0.25) is 0 Å². The van der Waals surface area contributed by atoms with Crippen molar-refractivity contribution in [1.29, 1.82) is 0 Å². The predicted molar refractivity (Wildman–Crippen MR) is 152 cm³/mol. The van der Waals surface area contributed by atoms with Crippen LogP contribution in [-0.4, -0.2) is 43.8 Å². The fraction of sp³-hybridized carbons (Fsp3) is 0.207. The number of hydrogen-bond acceptors (Lipinski definition) is 6.